The van der Waals surface area contributed by atoms with E-state index in [2.05, 4.69) is 16.0 Å². The van der Waals surface area contributed by atoms with E-state index >= 15 is 0 Å². The van der Waals surface area contributed by atoms with Gasteiger partial charge in [-0.2, -0.15) is 0 Å². The summed E-state index contributed by atoms with van der Waals surface area (Å²) in [5.41, 5.74) is 0. The van der Waals surface area contributed by atoms with Gasteiger partial charge in [0.25, 0.3) is 0 Å². The van der Waals surface area contributed by atoms with E-state index in [1.54, 1.807) is 0 Å². The van der Waals surface area contributed by atoms with Crippen molar-refractivity contribution in [3.8, 4) is 0 Å². The van der Waals surface area contributed by atoms with Crippen molar-refractivity contribution in [3.63, 3.8) is 0 Å². The lowest BCUT2D eigenvalue weighted by Crippen LogP contribution is -2.39. The van der Waals surface area contributed by atoms with Crippen LogP contribution < -0.4 is 16.0 Å². The molecular formula is C16H31N3O5. The third-order valence-corrected chi connectivity index (χ3v) is 3.92. The minimum absolute atomic E-state index is 0.00130. The SMILES string of the molecule is CNCCCCCC(=O)NCCNC(=O)C1CC(O)C(COC)O1. The maximum absolute atomic E-state index is 12.0. The molecule has 0 aliphatic carbocycles. The van der Waals surface area contributed by atoms with Gasteiger partial charge in [-0.05, 0) is 26.4 Å². The Labute approximate surface area is 143 Å². The maximum Gasteiger partial charge on any atom is 0.249 e. The van der Waals surface area contributed by atoms with Crippen LogP contribution in [0.2, 0.25) is 0 Å². The van der Waals surface area contributed by atoms with E-state index in [-0.39, 0.29) is 24.8 Å². The summed E-state index contributed by atoms with van der Waals surface area (Å²) in [5, 5.41) is 18.3. The second-order valence-corrected chi connectivity index (χ2v) is 5.98. The van der Waals surface area contributed by atoms with E-state index in [0.29, 0.717) is 19.5 Å². The Morgan fingerprint density at radius 2 is 1.92 bits per heavy atom. The second kappa shape index (κ2) is 12.2. The van der Waals surface area contributed by atoms with Crippen molar-refractivity contribution in [2.75, 3.05) is 40.4 Å². The zero-order valence-corrected chi connectivity index (χ0v) is 14.7. The number of hydrogen-bond donors (Lipinski definition) is 4. The first-order valence-electron chi connectivity index (χ1n) is 8.60. The number of methoxy groups -OCH3 is 1. The predicted molar refractivity (Wildman–Crippen MR) is 89.6 cm³/mol. The van der Waals surface area contributed by atoms with Crippen molar-refractivity contribution in [1.82, 2.24) is 16.0 Å². The smallest absolute Gasteiger partial charge is 0.249 e. The van der Waals surface area contributed by atoms with Crippen LogP contribution >= 0.6 is 0 Å². The molecule has 0 aromatic heterocycles. The molecule has 1 rings (SSSR count). The van der Waals surface area contributed by atoms with Crippen LogP contribution in [-0.2, 0) is 19.1 Å². The van der Waals surface area contributed by atoms with Crippen LogP contribution in [0.15, 0.2) is 0 Å². The summed E-state index contributed by atoms with van der Waals surface area (Å²) < 4.78 is 10.4. The summed E-state index contributed by atoms with van der Waals surface area (Å²) in [6.45, 7) is 1.96. The van der Waals surface area contributed by atoms with Gasteiger partial charge in [0.05, 0.1) is 12.7 Å². The lowest BCUT2D eigenvalue weighted by molar-refractivity contribution is -0.133. The summed E-state index contributed by atoms with van der Waals surface area (Å²) in [6.07, 6.45) is 1.91. The third kappa shape index (κ3) is 8.05. The Balaban J connectivity index is 2.06. The zero-order chi connectivity index (χ0) is 17.8. The summed E-state index contributed by atoms with van der Waals surface area (Å²) in [5.74, 6) is -0.268. The fraction of sp³-hybridized carbons (Fsp3) is 0.875. The number of amides is 2. The van der Waals surface area contributed by atoms with Crippen molar-refractivity contribution in [2.45, 2.75) is 50.4 Å². The summed E-state index contributed by atoms with van der Waals surface area (Å²) >= 11 is 0. The zero-order valence-electron chi connectivity index (χ0n) is 14.7. The van der Waals surface area contributed by atoms with E-state index in [1.165, 1.54) is 7.11 Å². The Hall–Kier alpha value is -1.22. The first-order valence-corrected chi connectivity index (χ1v) is 8.60. The molecule has 0 aromatic carbocycles. The van der Waals surface area contributed by atoms with Crippen molar-refractivity contribution in [3.05, 3.63) is 0 Å². The molecule has 1 fully saturated rings. The Morgan fingerprint density at radius 3 is 2.62 bits per heavy atom. The number of carbonyl (C=O) groups is 2. The van der Waals surface area contributed by atoms with Crippen molar-refractivity contribution >= 4 is 11.8 Å². The minimum atomic E-state index is -0.691. The molecule has 3 atom stereocenters. The second-order valence-electron chi connectivity index (χ2n) is 5.98. The number of nitrogens with one attached hydrogen (secondary N) is 3. The minimum Gasteiger partial charge on any atom is -0.390 e. The lowest BCUT2D eigenvalue weighted by atomic mass is 10.1. The van der Waals surface area contributed by atoms with Gasteiger partial charge in [0.2, 0.25) is 11.8 Å². The van der Waals surface area contributed by atoms with Crippen LogP contribution in [0.5, 0.6) is 0 Å². The van der Waals surface area contributed by atoms with Gasteiger partial charge < -0.3 is 30.5 Å². The number of hydrogen-bond acceptors (Lipinski definition) is 6. The molecule has 140 valence electrons. The van der Waals surface area contributed by atoms with Crippen LogP contribution in [0, 0.1) is 0 Å². The van der Waals surface area contributed by atoms with E-state index in [1.807, 2.05) is 7.05 Å². The Kier molecular flexibility index (Phi) is 10.6. The highest BCUT2D eigenvalue weighted by Crippen LogP contribution is 2.20. The van der Waals surface area contributed by atoms with Crippen LogP contribution in [0.1, 0.15) is 32.1 Å². The van der Waals surface area contributed by atoms with Gasteiger partial charge >= 0.3 is 0 Å². The first kappa shape index (κ1) is 20.8. The molecule has 0 bridgehead atoms. The Morgan fingerprint density at radius 1 is 1.17 bits per heavy atom. The molecule has 0 saturated carbocycles. The molecule has 1 heterocycles. The molecule has 8 nitrogen and oxygen atoms in total. The van der Waals surface area contributed by atoms with Crippen molar-refractivity contribution in [1.29, 1.82) is 0 Å². The number of aliphatic hydroxyl groups excluding tert-OH is 1. The molecule has 0 radical (unpaired) electrons. The summed E-state index contributed by atoms with van der Waals surface area (Å²) in [7, 11) is 3.43. The van der Waals surface area contributed by atoms with Gasteiger partial charge in [-0.25, -0.2) is 0 Å². The van der Waals surface area contributed by atoms with Gasteiger partial charge in [0.15, 0.2) is 0 Å². The van der Waals surface area contributed by atoms with Gasteiger partial charge in [0.1, 0.15) is 12.2 Å². The van der Waals surface area contributed by atoms with Gasteiger partial charge in [0, 0.05) is 33.0 Å². The van der Waals surface area contributed by atoms with Crippen LogP contribution in [0.3, 0.4) is 0 Å². The van der Waals surface area contributed by atoms with E-state index in [0.717, 1.165) is 25.8 Å². The molecular weight excluding hydrogens is 314 g/mol. The molecule has 1 saturated heterocycles. The normalized spacial score (nSPS) is 23.2. The highest BCUT2D eigenvalue weighted by atomic mass is 16.6. The summed E-state index contributed by atoms with van der Waals surface area (Å²) in [6, 6.07) is 0. The van der Waals surface area contributed by atoms with Gasteiger partial charge in [-0.3, -0.25) is 9.59 Å². The fourth-order valence-electron chi connectivity index (χ4n) is 2.57. The number of ether oxygens (including phenoxy) is 2. The average Bonchev–Trinajstić information content (AvgIpc) is 2.93. The molecule has 8 heteroatoms. The van der Waals surface area contributed by atoms with Gasteiger partial charge in [-0.15, -0.1) is 0 Å². The quantitative estimate of drug-likeness (QED) is 0.344. The highest BCUT2D eigenvalue weighted by molar-refractivity contribution is 5.81. The molecule has 1 aliphatic heterocycles. The van der Waals surface area contributed by atoms with E-state index in [9.17, 15) is 14.7 Å². The van der Waals surface area contributed by atoms with Crippen molar-refractivity contribution < 1.29 is 24.2 Å². The molecule has 24 heavy (non-hydrogen) atoms. The number of unbranched alkanes of at least 4 members (excludes halogenated alkanes) is 2. The fourth-order valence-corrected chi connectivity index (χ4v) is 2.57. The lowest BCUT2D eigenvalue weighted by Gasteiger charge is -2.14. The molecule has 2 amide bonds. The van der Waals surface area contributed by atoms with Gasteiger partial charge in [-0.1, -0.05) is 6.42 Å². The van der Waals surface area contributed by atoms with Crippen molar-refractivity contribution in [2.24, 2.45) is 0 Å². The summed E-state index contributed by atoms with van der Waals surface area (Å²) in [4.78, 5) is 23.6. The molecule has 3 unspecified atom stereocenters. The predicted octanol–water partition coefficient (Wildman–Crippen LogP) is -0.837. The first-order chi connectivity index (χ1) is 11.6. The average molecular weight is 345 g/mol. The van der Waals surface area contributed by atoms with Crippen LogP contribution in [0.4, 0.5) is 0 Å². The molecule has 1 aliphatic rings. The van der Waals surface area contributed by atoms with E-state index in [4.69, 9.17) is 9.47 Å². The number of aliphatic hydroxyl groups is 1. The number of carbonyl (C=O) groups excluding carboxylic acids is 2. The maximum atomic E-state index is 12.0. The highest BCUT2D eigenvalue weighted by Gasteiger charge is 2.37. The largest absolute Gasteiger partial charge is 0.390 e. The molecule has 0 aromatic rings. The molecule has 0 spiro atoms. The third-order valence-electron chi connectivity index (χ3n) is 3.92. The number of rotatable bonds is 12. The standard InChI is InChI=1S/C16H31N3O5/c1-17-7-5-3-4-6-15(21)18-8-9-19-16(22)13-10-12(20)14(24-13)11-23-2/h12-14,17,20H,3-11H2,1-2H3,(H,18,21)(H,19,22). The Bertz CT molecular complexity index is 381. The monoisotopic (exact) mass is 345 g/mol. The molecule has 4 N–H and O–H groups in total. The van der Waals surface area contributed by atoms with Crippen LogP contribution in [0.25, 0.3) is 0 Å². The van der Waals surface area contributed by atoms with E-state index < -0.39 is 18.3 Å². The topological polar surface area (TPSA) is 109 Å². The van der Waals surface area contributed by atoms with Crippen LogP contribution in [-0.4, -0.2) is 75.6 Å².